The van der Waals surface area contributed by atoms with Crippen LogP contribution in [0.25, 0.3) is 0 Å². The van der Waals surface area contributed by atoms with E-state index in [1.165, 1.54) is 6.07 Å². The van der Waals surface area contributed by atoms with E-state index in [2.05, 4.69) is 21.2 Å². The highest BCUT2D eigenvalue weighted by atomic mass is 79.9. The van der Waals surface area contributed by atoms with E-state index in [0.717, 1.165) is 21.3 Å². The summed E-state index contributed by atoms with van der Waals surface area (Å²) in [5, 5.41) is 14.6. The molecule has 0 bridgehead atoms. The quantitative estimate of drug-likeness (QED) is 0.625. The number of rotatable bonds is 4. The number of nitrogens with zero attached hydrogens (tertiary/aromatic N) is 1. The predicted molar refractivity (Wildman–Crippen MR) is 84.3 cm³/mol. The summed E-state index contributed by atoms with van der Waals surface area (Å²) in [6.07, 6.45) is 0. The first-order chi connectivity index (χ1) is 9.47. The number of benzene rings is 2. The summed E-state index contributed by atoms with van der Waals surface area (Å²) in [6, 6.07) is 10.4. The molecule has 0 unspecified atom stereocenters. The molecule has 0 saturated heterocycles. The number of nitro benzene ring substituents is 1. The van der Waals surface area contributed by atoms with Crippen LogP contribution in [-0.2, 0) is 6.54 Å². The van der Waals surface area contributed by atoms with Crippen molar-refractivity contribution in [3.63, 3.8) is 0 Å². The Bertz CT molecular complexity index is 662. The van der Waals surface area contributed by atoms with Crippen LogP contribution in [0.3, 0.4) is 0 Å². The Kier molecular flexibility index (Phi) is 4.62. The molecule has 2 aromatic carbocycles. The van der Waals surface area contributed by atoms with E-state index in [9.17, 15) is 10.1 Å². The average molecular weight is 356 g/mol. The van der Waals surface area contributed by atoms with Crippen LogP contribution in [0.4, 0.5) is 11.4 Å². The van der Waals surface area contributed by atoms with Crippen molar-refractivity contribution in [1.82, 2.24) is 0 Å². The molecule has 0 atom stereocenters. The maximum Gasteiger partial charge on any atom is 0.269 e. The molecular weight excluding hydrogens is 344 g/mol. The van der Waals surface area contributed by atoms with Gasteiger partial charge in [0.15, 0.2) is 0 Å². The zero-order valence-corrected chi connectivity index (χ0v) is 13.0. The van der Waals surface area contributed by atoms with Crippen LogP contribution in [0.15, 0.2) is 40.9 Å². The Morgan fingerprint density at radius 3 is 2.65 bits per heavy atom. The fraction of sp³-hybridized carbons (Fsp3) is 0.143. The maximum atomic E-state index is 10.7. The number of hydrogen-bond donors (Lipinski definition) is 1. The molecule has 104 valence electrons. The van der Waals surface area contributed by atoms with E-state index in [1.54, 1.807) is 12.1 Å². The van der Waals surface area contributed by atoms with E-state index < -0.39 is 4.92 Å². The van der Waals surface area contributed by atoms with Crippen molar-refractivity contribution in [2.75, 3.05) is 5.32 Å². The Morgan fingerprint density at radius 2 is 2.05 bits per heavy atom. The van der Waals surface area contributed by atoms with Gasteiger partial charge in [-0.3, -0.25) is 10.1 Å². The van der Waals surface area contributed by atoms with E-state index in [-0.39, 0.29) is 5.69 Å². The molecule has 0 aromatic heterocycles. The van der Waals surface area contributed by atoms with Gasteiger partial charge in [-0.1, -0.05) is 33.6 Å². The summed E-state index contributed by atoms with van der Waals surface area (Å²) in [7, 11) is 0. The van der Waals surface area contributed by atoms with Crippen LogP contribution in [0.1, 0.15) is 11.1 Å². The van der Waals surface area contributed by atoms with Crippen LogP contribution in [0.2, 0.25) is 5.02 Å². The second-order valence-corrected chi connectivity index (χ2v) is 5.64. The molecule has 6 heteroatoms. The summed E-state index contributed by atoms with van der Waals surface area (Å²) >= 11 is 9.35. The largest absolute Gasteiger partial charge is 0.381 e. The zero-order valence-electron chi connectivity index (χ0n) is 10.7. The number of nitro groups is 1. The molecule has 0 fully saturated rings. The van der Waals surface area contributed by atoms with Crippen molar-refractivity contribution in [2.24, 2.45) is 0 Å². The van der Waals surface area contributed by atoms with Crippen LogP contribution >= 0.6 is 27.5 Å². The molecule has 2 rings (SSSR count). The van der Waals surface area contributed by atoms with Crippen molar-refractivity contribution in [3.8, 4) is 0 Å². The van der Waals surface area contributed by atoms with Gasteiger partial charge in [-0.25, -0.2) is 0 Å². The van der Waals surface area contributed by atoms with Crippen molar-refractivity contribution < 1.29 is 4.92 Å². The van der Waals surface area contributed by atoms with Gasteiger partial charge in [-0.05, 0) is 36.2 Å². The normalized spacial score (nSPS) is 10.3. The van der Waals surface area contributed by atoms with Gasteiger partial charge in [0.1, 0.15) is 0 Å². The highest BCUT2D eigenvalue weighted by molar-refractivity contribution is 9.10. The lowest BCUT2D eigenvalue weighted by molar-refractivity contribution is -0.384. The number of halogens is 2. The first kappa shape index (κ1) is 14.8. The Hall–Kier alpha value is -1.59. The third kappa shape index (κ3) is 3.49. The third-order valence-corrected chi connectivity index (χ3v) is 3.88. The Morgan fingerprint density at radius 1 is 1.30 bits per heavy atom. The van der Waals surface area contributed by atoms with Gasteiger partial charge in [0.05, 0.1) is 4.92 Å². The van der Waals surface area contributed by atoms with Crippen molar-refractivity contribution in [3.05, 3.63) is 67.1 Å². The lowest BCUT2D eigenvalue weighted by Crippen LogP contribution is -2.02. The molecule has 0 amide bonds. The van der Waals surface area contributed by atoms with Crippen molar-refractivity contribution in [1.29, 1.82) is 0 Å². The van der Waals surface area contributed by atoms with Gasteiger partial charge < -0.3 is 5.32 Å². The number of non-ortho nitro benzene ring substituents is 1. The number of anilines is 1. The molecule has 0 heterocycles. The minimum Gasteiger partial charge on any atom is -0.381 e. The van der Waals surface area contributed by atoms with Gasteiger partial charge >= 0.3 is 0 Å². The second-order valence-electron chi connectivity index (χ2n) is 4.35. The monoisotopic (exact) mass is 354 g/mol. The molecule has 0 radical (unpaired) electrons. The number of nitrogens with one attached hydrogen (secondary N) is 1. The molecule has 0 aliphatic rings. The van der Waals surface area contributed by atoms with Crippen molar-refractivity contribution in [2.45, 2.75) is 13.5 Å². The van der Waals surface area contributed by atoms with Crippen LogP contribution in [-0.4, -0.2) is 4.92 Å². The summed E-state index contributed by atoms with van der Waals surface area (Å²) < 4.78 is 0.928. The molecule has 1 N–H and O–H groups in total. The average Bonchev–Trinajstić information content (AvgIpc) is 2.38. The van der Waals surface area contributed by atoms with Gasteiger partial charge in [0.2, 0.25) is 0 Å². The number of aryl methyl sites for hydroxylation is 1. The number of hydrogen-bond acceptors (Lipinski definition) is 3. The highest BCUT2D eigenvalue weighted by Gasteiger charge is 2.08. The summed E-state index contributed by atoms with van der Waals surface area (Å²) in [6.45, 7) is 2.45. The first-order valence-corrected chi connectivity index (χ1v) is 7.07. The predicted octanol–water partition coefficient (Wildman–Crippen LogP) is 4.93. The summed E-state index contributed by atoms with van der Waals surface area (Å²) in [5.74, 6) is 0. The fourth-order valence-electron chi connectivity index (χ4n) is 1.82. The molecule has 20 heavy (non-hydrogen) atoms. The van der Waals surface area contributed by atoms with Gasteiger partial charge in [0.25, 0.3) is 5.69 Å². The van der Waals surface area contributed by atoms with E-state index in [0.29, 0.717) is 11.6 Å². The van der Waals surface area contributed by atoms with Crippen molar-refractivity contribution >= 4 is 38.9 Å². The maximum absolute atomic E-state index is 10.7. The minimum atomic E-state index is -0.396. The SMILES string of the molecule is Cc1cc([N+](=O)[O-])ccc1NCc1ccc(Cl)cc1Br. The Labute approximate surface area is 130 Å². The Balaban J connectivity index is 2.13. The first-order valence-electron chi connectivity index (χ1n) is 5.90. The molecular formula is C14H12BrClN2O2. The molecule has 0 spiro atoms. The third-order valence-electron chi connectivity index (χ3n) is 2.91. The van der Waals surface area contributed by atoms with Gasteiger partial charge in [-0.15, -0.1) is 0 Å². The minimum absolute atomic E-state index is 0.0979. The highest BCUT2D eigenvalue weighted by Crippen LogP contribution is 2.25. The fourth-order valence-corrected chi connectivity index (χ4v) is 2.64. The molecule has 0 saturated carbocycles. The lowest BCUT2D eigenvalue weighted by Gasteiger charge is -2.11. The van der Waals surface area contributed by atoms with Crippen LogP contribution < -0.4 is 5.32 Å². The molecule has 0 aliphatic carbocycles. The second kappa shape index (κ2) is 6.24. The molecule has 0 aliphatic heterocycles. The van der Waals surface area contributed by atoms with Gasteiger partial charge in [0, 0.05) is 33.9 Å². The summed E-state index contributed by atoms with van der Waals surface area (Å²) in [5.41, 5.74) is 2.87. The topological polar surface area (TPSA) is 55.2 Å². The molecule has 4 nitrogen and oxygen atoms in total. The smallest absolute Gasteiger partial charge is 0.269 e. The van der Waals surface area contributed by atoms with E-state index >= 15 is 0 Å². The molecule has 2 aromatic rings. The zero-order chi connectivity index (χ0) is 14.7. The van der Waals surface area contributed by atoms with Crippen LogP contribution in [0.5, 0.6) is 0 Å². The van der Waals surface area contributed by atoms with Gasteiger partial charge in [-0.2, -0.15) is 0 Å². The summed E-state index contributed by atoms with van der Waals surface area (Å²) in [4.78, 5) is 10.3. The van der Waals surface area contributed by atoms with Crippen LogP contribution in [0, 0.1) is 17.0 Å². The van der Waals surface area contributed by atoms with E-state index in [1.807, 2.05) is 25.1 Å². The van der Waals surface area contributed by atoms with E-state index in [4.69, 9.17) is 11.6 Å². The lowest BCUT2D eigenvalue weighted by atomic mass is 10.1. The standard InChI is InChI=1S/C14H12BrClN2O2/c1-9-6-12(18(19)20)4-5-14(9)17-8-10-2-3-11(16)7-13(10)15/h2-7,17H,8H2,1H3.